The summed E-state index contributed by atoms with van der Waals surface area (Å²) in [6.45, 7) is 2.07. The topological polar surface area (TPSA) is 46.6 Å². The first-order chi connectivity index (χ1) is 10.1. The first kappa shape index (κ1) is 12.6. The van der Waals surface area contributed by atoms with Gasteiger partial charge >= 0.3 is 0 Å². The Balaban J connectivity index is 1.77. The minimum absolute atomic E-state index is 0.0607. The van der Waals surface area contributed by atoms with Crippen molar-refractivity contribution in [2.45, 2.75) is 13.3 Å². The molecule has 1 heterocycles. The van der Waals surface area contributed by atoms with Gasteiger partial charge in [-0.05, 0) is 37.3 Å². The summed E-state index contributed by atoms with van der Waals surface area (Å²) in [5.41, 5.74) is 1.84. The lowest BCUT2D eigenvalue weighted by molar-refractivity contribution is -0.123. The van der Waals surface area contributed by atoms with E-state index in [1.807, 2.05) is 12.1 Å². The number of rotatable bonds is 2. The van der Waals surface area contributed by atoms with Crippen molar-refractivity contribution in [2.24, 2.45) is 23.7 Å². The minimum atomic E-state index is -0.170. The van der Waals surface area contributed by atoms with Crippen LogP contribution < -0.4 is 9.64 Å². The molecule has 0 spiro atoms. The molecule has 0 aromatic heterocycles. The van der Waals surface area contributed by atoms with Gasteiger partial charge in [-0.3, -0.25) is 9.59 Å². The van der Waals surface area contributed by atoms with Crippen molar-refractivity contribution >= 4 is 17.5 Å². The molecule has 1 aromatic carbocycles. The van der Waals surface area contributed by atoms with Crippen LogP contribution >= 0.6 is 0 Å². The monoisotopic (exact) mass is 283 g/mol. The van der Waals surface area contributed by atoms with Crippen molar-refractivity contribution in [2.75, 3.05) is 12.0 Å². The van der Waals surface area contributed by atoms with Gasteiger partial charge in [0.15, 0.2) is 0 Å². The number of carbonyl (C=O) groups excluding carboxylic acids is 2. The third-order valence-electron chi connectivity index (χ3n) is 5.21. The van der Waals surface area contributed by atoms with Gasteiger partial charge in [0.2, 0.25) is 11.8 Å². The Morgan fingerprint density at radius 2 is 1.86 bits per heavy atom. The number of para-hydroxylation sites is 2. The van der Waals surface area contributed by atoms with Gasteiger partial charge in [0.05, 0.1) is 24.6 Å². The van der Waals surface area contributed by atoms with Crippen LogP contribution in [0.15, 0.2) is 35.9 Å². The van der Waals surface area contributed by atoms with Gasteiger partial charge < -0.3 is 4.74 Å². The number of benzene rings is 1. The van der Waals surface area contributed by atoms with Gasteiger partial charge in [-0.1, -0.05) is 23.8 Å². The zero-order chi connectivity index (χ0) is 14.7. The average Bonchev–Trinajstić information content (AvgIpc) is 3.11. The Morgan fingerprint density at radius 1 is 1.14 bits per heavy atom. The van der Waals surface area contributed by atoms with Crippen LogP contribution in [0.3, 0.4) is 0 Å². The third kappa shape index (κ3) is 1.50. The van der Waals surface area contributed by atoms with Crippen LogP contribution in [0, 0.1) is 23.7 Å². The van der Waals surface area contributed by atoms with Crippen LogP contribution in [0.2, 0.25) is 0 Å². The fraction of sp³-hybridized carbons (Fsp3) is 0.412. The summed E-state index contributed by atoms with van der Waals surface area (Å²) in [6, 6.07) is 7.22. The molecule has 4 nitrogen and oxygen atoms in total. The lowest BCUT2D eigenvalue weighted by atomic mass is 9.82. The zero-order valence-corrected chi connectivity index (χ0v) is 12.1. The number of hydrogen-bond acceptors (Lipinski definition) is 3. The number of imide groups is 1. The smallest absolute Gasteiger partial charge is 0.238 e. The van der Waals surface area contributed by atoms with Crippen molar-refractivity contribution in [1.82, 2.24) is 0 Å². The van der Waals surface area contributed by atoms with Crippen molar-refractivity contribution in [3.05, 3.63) is 35.9 Å². The first-order valence-electron chi connectivity index (χ1n) is 7.32. The molecule has 0 N–H and O–H groups in total. The summed E-state index contributed by atoms with van der Waals surface area (Å²) >= 11 is 0. The molecule has 0 radical (unpaired) electrons. The molecular weight excluding hydrogens is 266 g/mol. The molecule has 4 heteroatoms. The van der Waals surface area contributed by atoms with Gasteiger partial charge in [0.25, 0.3) is 0 Å². The number of amides is 2. The molecule has 4 atom stereocenters. The van der Waals surface area contributed by atoms with Crippen LogP contribution in [0.5, 0.6) is 5.75 Å². The summed E-state index contributed by atoms with van der Waals surface area (Å²) < 4.78 is 5.31. The highest BCUT2D eigenvalue weighted by molar-refractivity contribution is 6.23. The maximum absolute atomic E-state index is 12.8. The molecule has 4 unspecified atom stereocenters. The molecule has 1 aliphatic heterocycles. The fourth-order valence-electron chi connectivity index (χ4n) is 4.33. The molecule has 2 amide bonds. The highest BCUT2D eigenvalue weighted by Gasteiger charge is 2.61. The number of ether oxygens (including phenoxy) is 1. The minimum Gasteiger partial charge on any atom is -0.495 e. The SMILES string of the molecule is COc1ccccc1N1C(=O)C2C3C=C(C)C(C3)C2C1=O. The second-order valence-electron chi connectivity index (χ2n) is 6.15. The molecule has 4 rings (SSSR count). The van der Waals surface area contributed by atoms with Crippen LogP contribution in [-0.4, -0.2) is 18.9 Å². The van der Waals surface area contributed by atoms with Crippen LogP contribution in [-0.2, 0) is 9.59 Å². The number of allylic oxidation sites excluding steroid dienone is 2. The van der Waals surface area contributed by atoms with Gasteiger partial charge in [-0.2, -0.15) is 0 Å². The average molecular weight is 283 g/mol. The third-order valence-corrected chi connectivity index (χ3v) is 5.21. The molecule has 1 saturated heterocycles. The van der Waals surface area contributed by atoms with Crippen LogP contribution in [0.1, 0.15) is 13.3 Å². The second kappa shape index (κ2) is 4.20. The highest BCUT2D eigenvalue weighted by Crippen LogP contribution is 2.56. The molecule has 2 aliphatic carbocycles. The van der Waals surface area contributed by atoms with E-state index in [0.717, 1.165) is 6.42 Å². The molecular formula is C17H17NO3. The van der Waals surface area contributed by atoms with E-state index in [1.165, 1.54) is 10.5 Å². The first-order valence-corrected chi connectivity index (χ1v) is 7.32. The summed E-state index contributed by atoms with van der Waals surface area (Å²) in [5, 5.41) is 0. The number of anilines is 1. The lowest BCUT2D eigenvalue weighted by Crippen LogP contribution is -2.33. The van der Waals surface area contributed by atoms with E-state index in [0.29, 0.717) is 11.4 Å². The summed E-state index contributed by atoms with van der Waals surface area (Å²) in [7, 11) is 1.56. The quantitative estimate of drug-likeness (QED) is 0.618. The Kier molecular flexibility index (Phi) is 2.52. The van der Waals surface area contributed by atoms with Crippen molar-refractivity contribution < 1.29 is 14.3 Å². The molecule has 2 bridgehead atoms. The van der Waals surface area contributed by atoms with E-state index in [4.69, 9.17) is 4.74 Å². The van der Waals surface area contributed by atoms with Gasteiger partial charge in [-0.15, -0.1) is 0 Å². The second-order valence-corrected chi connectivity index (χ2v) is 6.15. The van der Waals surface area contributed by atoms with E-state index in [-0.39, 0.29) is 35.5 Å². The predicted octanol–water partition coefficient (Wildman–Crippen LogP) is 2.40. The molecule has 21 heavy (non-hydrogen) atoms. The molecule has 3 aliphatic rings. The van der Waals surface area contributed by atoms with E-state index >= 15 is 0 Å². The standard InChI is InChI=1S/C17H17NO3/c1-9-7-10-8-11(9)15-14(10)16(19)18(17(15)20)12-5-3-4-6-13(12)21-2/h3-7,10-11,14-15H,8H2,1-2H3. The van der Waals surface area contributed by atoms with E-state index in [2.05, 4.69) is 13.0 Å². The normalized spacial score (nSPS) is 33.4. The summed E-state index contributed by atoms with van der Waals surface area (Å²) in [5.74, 6) is 0.581. The maximum Gasteiger partial charge on any atom is 0.238 e. The fourth-order valence-corrected chi connectivity index (χ4v) is 4.33. The number of hydrogen-bond donors (Lipinski definition) is 0. The highest BCUT2D eigenvalue weighted by atomic mass is 16.5. The van der Waals surface area contributed by atoms with Gasteiger partial charge in [-0.25, -0.2) is 4.90 Å². The van der Waals surface area contributed by atoms with E-state index in [1.54, 1.807) is 19.2 Å². The van der Waals surface area contributed by atoms with Crippen molar-refractivity contribution in [3.8, 4) is 5.75 Å². The molecule has 1 saturated carbocycles. The summed E-state index contributed by atoms with van der Waals surface area (Å²) in [4.78, 5) is 27.0. The zero-order valence-electron chi connectivity index (χ0n) is 12.1. The van der Waals surface area contributed by atoms with Gasteiger partial charge in [0.1, 0.15) is 5.75 Å². The Labute approximate surface area is 123 Å². The van der Waals surface area contributed by atoms with Crippen LogP contribution in [0.4, 0.5) is 5.69 Å². The van der Waals surface area contributed by atoms with E-state index < -0.39 is 0 Å². The number of carbonyl (C=O) groups is 2. The lowest BCUT2D eigenvalue weighted by Gasteiger charge is -2.20. The molecule has 108 valence electrons. The Bertz CT molecular complexity index is 678. The number of methoxy groups -OCH3 is 1. The van der Waals surface area contributed by atoms with Gasteiger partial charge in [0, 0.05) is 0 Å². The number of fused-ring (bicyclic) bond motifs is 5. The Morgan fingerprint density at radius 3 is 2.62 bits per heavy atom. The van der Waals surface area contributed by atoms with E-state index in [9.17, 15) is 9.59 Å². The summed E-state index contributed by atoms with van der Waals surface area (Å²) in [6.07, 6.45) is 3.14. The molecule has 1 aromatic rings. The predicted molar refractivity (Wildman–Crippen MR) is 77.8 cm³/mol. The van der Waals surface area contributed by atoms with Crippen molar-refractivity contribution in [1.29, 1.82) is 0 Å². The van der Waals surface area contributed by atoms with Crippen molar-refractivity contribution in [3.63, 3.8) is 0 Å². The van der Waals surface area contributed by atoms with Crippen LogP contribution in [0.25, 0.3) is 0 Å². The number of nitrogens with zero attached hydrogens (tertiary/aromatic N) is 1. The maximum atomic E-state index is 12.8. The molecule has 2 fully saturated rings. The largest absolute Gasteiger partial charge is 0.495 e. The Hall–Kier alpha value is -2.10.